The molecule has 9 heteroatoms. The number of nitrogens with zero attached hydrogens (tertiary/aromatic N) is 4. The van der Waals surface area contributed by atoms with Gasteiger partial charge in [0.1, 0.15) is 6.54 Å². The van der Waals surface area contributed by atoms with E-state index in [0.29, 0.717) is 36.8 Å². The monoisotopic (exact) mass is 383 g/mol. The number of aryl methyl sites for hydroxylation is 1. The summed E-state index contributed by atoms with van der Waals surface area (Å²) in [6.45, 7) is 9.38. The fourth-order valence-corrected chi connectivity index (χ4v) is 3.25. The summed E-state index contributed by atoms with van der Waals surface area (Å²) in [5, 5.41) is 17.6. The van der Waals surface area contributed by atoms with Gasteiger partial charge < -0.3 is 24.6 Å². The number of hydrogen-bond acceptors (Lipinski definition) is 6. The molecule has 0 radical (unpaired) electrons. The molecule has 1 saturated heterocycles. The quantitative estimate of drug-likeness (QED) is 0.694. The van der Waals surface area contributed by atoms with Gasteiger partial charge in [-0.2, -0.15) is 0 Å². The molecule has 1 aliphatic rings. The largest absolute Gasteiger partial charge is 0.483 e. The van der Waals surface area contributed by atoms with E-state index in [1.165, 1.54) is 25.8 Å². The summed E-state index contributed by atoms with van der Waals surface area (Å²) in [6.07, 6.45) is 4.83. The van der Waals surface area contributed by atoms with Gasteiger partial charge in [-0.25, -0.2) is 4.79 Å². The minimum Gasteiger partial charge on any atom is -0.483 e. The molecule has 2 rings (SSSR count). The van der Waals surface area contributed by atoms with Gasteiger partial charge in [-0.15, -0.1) is 10.2 Å². The zero-order valence-corrected chi connectivity index (χ0v) is 16.8. The highest BCUT2D eigenvalue weighted by atomic mass is 16.4. The lowest BCUT2D eigenvalue weighted by Crippen LogP contribution is -2.44. The molecule has 27 heavy (non-hydrogen) atoms. The van der Waals surface area contributed by atoms with Gasteiger partial charge in [-0.1, -0.05) is 20.3 Å². The van der Waals surface area contributed by atoms with Crippen LogP contribution in [0.1, 0.15) is 51.3 Å². The second-order valence-electron chi connectivity index (χ2n) is 7.24. The molecule has 1 aromatic heterocycles. The van der Waals surface area contributed by atoms with E-state index in [-0.39, 0.29) is 12.5 Å². The SMILES string of the molecule is Cc1nnc(CN(C)C(=O)NCCC2CCCCN2CC(C)C)o1.O=CO. The smallest absolute Gasteiger partial charge is 0.317 e. The number of aromatic nitrogens is 2. The number of carbonyl (C=O) groups excluding carboxylic acids is 1. The van der Waals surface area contributed by atoms with E-state index in [0.717, 1.165) is 13.0 Å². The van der Waals surface area contributed by atoms with E-state index < -0.39 is 0 Å². The summed E-state index contributed by atoms with van der Waals surface area (Å²) in [7, 11) is 1.74. The van der Waals surface area contributed by atoms with Crippen molar-refractivity contribution in [1.29, 1.82) is 0 Å². The van der Waals surface area contributed by atoms with Crippen LogP contribution in [0.3, 0.4) is 0 Å². The second-order valence-corrected chi connectivity index (χ2v) is 7.24. The highest BCUT2D eigenvalue weighted by molar-refractivity contribution is 5.73. The fraction of sp³-hybridized carbons (Fsp3) is 0.778. The van der Waals surface area contributed by atoms with Crippen LogP contribution in [-0.2, 0) is 11.3 Å². The van der Waals surface area contributed by atoms with E-state index in [4.69, 9.17) is 14.3 Å². The van der Waals surface area contributed by atoms with Gasteiger partial charge in [-0.05, 0) is 31.7 Å². The van der Waals surface area contributed by atoms with Crippen molar-refractivity contribution >= 4 is 12.5 Å². The standard InChI is InChI=1S/C17H31N5O2.CH2O2/c1-13(2)11-22-10-6-5-7-15(22)8-9-18-17(23)21(4)12-16-20-19-14(3)24-16;2-1-3/h13,15H,5-12H2,1-4H3,(H,18,23);1H,(H,2,3). The number of likely N-dealkylation sites (tertiary alicyclic amines) is 1. The zero-order valence-electron chi connectivity index (χ0n) is 16.8. The predicted octanol–water partition coefficient (Wildman–Crippen LogP) is 2.12. The Bertz CT molecular complexity index is 564. The third kappa shape index (κ3) is 8.85. The van der Waals surface area contributed by atoms with Crippen molar-refractivity contribution in [1.82, 2.24) is 25.3 Å². The number of carboxylic acid groups (broad SMARTS) is 1. The summed E-state index contributed by atoms with van der Waals surface area (Å²) in [5.41, 5.74) is 0. The Morgan fingerprint density at radius 2 is 2.15 bits per heavy atom. The molecule has 9 nitrogen and oxygen atoms in total. The maximum absolute atomic E-state index is 12.2. The van der Waals surface area contributed by atoms with Crippen molar-refractivity contribution in [2.75, 3.05) is 26.7 Å². The minimum atomic E-state index is -0.250. The van der Waals surface area contributed by atoms with Gasteiger partial charge in [0.25, 0.3) is 6.47 Å². The number of amides is 2. The highest BCUT2D eigenvalue weighted by Crippen LogP contribution is 2.20. The molecular formula is C18H33N5O4. The second kappa shape index (κ2) is 12.3. The van der Waals surface area contributed by atoms with E-state index in [1.807, 2.05) is 0 Å². The van der Waals surface area contributed by atoms with Crippen LogP contribution in [-0.4, -0.2) is 70.3 Å². The lowest BCUT2D eigenvalue weighted by molar-refractivity contribution is -0.122. The van der Waals surface area contributed by atoms with E-state index in [2.05, 4.69) is 34.3 Å². The first kappa shape index (κ1) is 22.9. The molecule has 1 aromatic rings. The third-order valence-electron chi connectivity index (χ3n) is 4.39. The zero-order chi connectivity index (χ0) is 20.2. The summed E-state index contributed by atoms with van der Waals surface area (Å²) >= 11 is 0. The lowest BCUT2D eigenvalue weighted by atomic mass is 9.98. The molecule has 2 heterocycles. The van der Waals surface area contributed by atoms with Crippen LogP contribution in [0, 0.1) is 12.8 Å². The molecule has 154 valence electrons. The van der Waals surface area contributed by atoms with Crippen molar-refractivity contribution in [2.45, 2.75) is 59.0 Å². The first-order chi connectivity index (χ1) is 12.9. The van der Waals surface area contributed by atoms with Crippen molar-refractivity contribution in [3.63, 3.8) is 0 Å². The Labute approximate surface area is 161 Å². The molecular weight excluding hydrogens is 350 g/mol. The van der Waals surface area contributed by atoms with Crippen molar-refractivity contribution in [3.8, 4) is 0 Å². The lowest BCUT2D eigenvalue weighted by Gasteiger charge is -2.37. The number of piperidine rings is 1. The normalized spacial score (nSPS) is 17.1. The Morgan fingerprint density at radius 1 is 1.44 bits per heavy atom. The molecule has 1 aliphatic heterocycles. The van der Waals surface area contributed by atoms with Crippen molar-refractivity contribution < 1.29 is 19.1 Å². The van der Waals surface area contributed by atoms with Crippen LogP contribution >= 0.6 is 0 Å². The van der Waals surface area contributed by atoms with Gasteiger partial charge in [0.2, 0.25) is 11.8 Å². The molecule has 2 N–H and O–H groups in total. The van der Waals surface area contributed by atoms with Crippen LogP contribution in [0.25, 0.3) is 0 Å². The fourth-order valence-electron chi connectivity index (χ4n) is 3.25. The van der Waals surface area contributed by atoms with Crippen LogP contribution in [0.4, 0.5) is 4.79 Å². The molecule has 2 amide bonds. The van der Waals surface area contributed by atoms with Gasteiger partial charge in [0.05, 0.1) is 0 Å². The first-order valence-electron chi connectivity index (χ1n) is 9.47. The third-order valence-corrected chi connectivity index (χ3v) is 4.39. The van der Waals surface area contributed by atoms with Gasteiger partial charge >= 0.3 is 6.03 Å². The van der Waals surface area contributed by atoms with Crippen LogP contribution in [0.15, 0.2) is 4.42 Å². The van der Waals surface area contributed by atoms with Crippen molar-refractivity contribution in [2.24, 2.45) is 5.92 Å². The molecule has 1 fully saturated rings. The minimum absolute atomic E-state index is 0.0999. The average Bonchev–Trinajstić information content (AvgIpc) is 3.01. The molecule has 0 spiro atoms. The Hall–Kier alpha value is -2.16. The topological polar surface area (TPSA) is 112 Å². The Balaban J connectivity index is 0.00000114. The summed E-state index contributed by atoms with van der Waals surface area (Å²) in [6, 6.07) is 0.488. The highest BCUT2D eigenvalue weighted by Gasteiger charge is 2.23. The number of hydrogen-bond donors (Lipinski definition) is 2. The van der Waals surface area contributed by atoms with Gasteiger partial charge in [0, 0.05) is 33.1 Å². The predicted molar refractivity (Wildman–Crippen MR) is 101 cm³/mol. The molecule has 0 saturated carbocycles. The van der Waals surface area contributed by atoms with Gasteiger partial charge in [0.15, 0.2) is 0 Å². The van der Waals surface area contributed by atoms with E-state index in [1.54, 1.807) is 18.9 Å². The number of nitrogens with one attached hydrogen (secondary N) is 1. The average molecular weight is 383 g/mol. The van der Waals surface area contributed by atoms with E-state index >= 15 is 0 Å². The maximum atomic E-state index is 12.2. The first-order valence-corrected chi connectivity index (χ1v) is 9.47. The van der Waals surface area contributed by atoms with Gasteiger partial charge in [-0.3, -0.25) is 4.79 Å². The molecule has 0 bridgehead atoms. The summed E-state index contributed by atoms with van der Waals surface area (Å²) in [5.74, 6) is 1.66. The Kier molecular flexibility index (Phi) is 10.4. The van der Waals surface area contributed by atoms with Crippen molar-refractivity contribution in [3.05, 3.63) is 11.8 Å². The summed E-state index contributed by atoms with van der Waals surface area (Å²) < 4.78 is 5.30. The maximum Gasteiger partial charge on any atom is 0.317 e. The number of urea groups is 1. The number of carbonyl (C=O) groups is 2. The van der Waals surface area contributed by atoms with Crippen LogP contribution in [0.5, 0.6) is 0 Å². The Morgan fingerprint density at radius 3 is 2.74 bits per heavy atom. The van der Waals surface area contributed by atoms with Crippen LogP contribution in [0.2, 0.25) is 0 Å². The molecule has 0 aromatic carbocycles. The number of rotatable bonds is 7. The molecule has 0 aliphatic carbocycles. The molecule has 1 unspecified atom stereocenters. The molecule has 1 atom stereocenters. The van der Waals surface area contributed by atoms with E-state index in [9.17, 15) is 4.79 Å². The van der Waals surface area contributed by atoms with Crippen LogP contribution < -0.4 is 5.32 Å². The summed E-state index contributed by atoms with van der Waals surface area (Å²) in [4.78, 5) is 24.7.